The van der Waals surface area contributed by atoms with Gasteiger partial charge in [-0.25, -0.2) is 0 Å². The van der Waals surface area contributed by atoms with Gasteiger partial charge in [-0.3, -0.25) is 0 Å². The van der Waals surface area contributed by atoms with Crippen LogP contribution in [-0.4, -0.2) is 100 Å². The molecule has 64 heavy (non-hydrogen) atoms. The van der Waals surface area contributed by atoms with E-state index in [9.17, 15) is 81.7 Å². The molecule has 16 N–H and O–H groups in total. The van der Waals surface area contributed by atoms with E-state index in [1.807, 2.05) is 0 Å². The fraction of sp³-hybridized carbons (Fsp3) is 0.200. The van der Waals surface area contributed by atoms with Crippen molar-refractivity contribution in [2.75, 3.05) is 0 Å². The second-order valence-corrected chi connectivity index (χ2v) is 15.8. The van der Waals surface area contributed by atoms with Gasteiger partial charge in [0.15, 0.2) is 70.1 Å². The summed E-state index contributed by atoms with van der Waals surface area (Å²) in [7, 11) is 0. The minimum atomic E-state index is -1.87. The number of fused-ring (bicyclic) bond motifs is 3. The van der Waals surface area contributed by atoms with E-state index in [0.29, 0.717) is 0 Å². The minimum absolute atomic E-state index is 0.0567. The van der Waals surface area contributed by atoms with Gasteiger partial charge in [-0.05, 0) is 48.5 Å². The molecule has 19 heteroatoms. The summed E-state index contributed by atoms with van der Waals surface area (Å²) in [5, 5.41) is 176. The molecule has 8 atom stereocenters. The molecular formula is C45H38O19. The van der Waals surface area contributed by atoms with Crippen molar-refractivity contribution < 1.29 is 95.9 Å². The Labute approximate surface area is 359 Å². The van der Waals surface area contributed by atoms with Crippen molar-refractivity contribution in [1.29, 1.82) is 0 Å². The number of aliphatic hydroxyl groups is 3. The molecule has 19 nitrogen and oxygen atoms in total. The molecule has 0 bridgehead atoms. The first-order chi connectivity index (χ1) is 30.3. The lowest BCUT2D eigenvalue weighted by Gasteiger charge is -2.42. The highest BCUT2D eigenvalue weighted by Crippen LogP contribution is 2.61. The van der Waals surface area contributed by atoms with Crippen LogP contribution in [0.5, 0.6) is 92.0 Å². The van der Waals surface area contributed by atoms with E-state index in [4.69, 9.17) is 14.2 Å². The van der Waals surface area contributed by atoms with E-state index >= 15 is 0 Å². The molecule has 332 valence electrons. The molecule has 3 aliphatic rings. The first-order valence-corrected chi connectivity index (χ1v) is 19.4. The molecular weight excluding hydrogens is 844 g/mol. The van der Waals surface area contributed by atoms with Crippen molar-refractivity contribution in [2.24, 2.45) is 0 Å². The van der Waals surface area contributed by atoms with Crippen LogP contribution in [-0.2, 0) is 6.42 Å². The Morgan fingerprint density at radius 2 is 0.766 bits per heavy atom. The third-order valence-corrected chi connectivity index (χ3v) is 11.9. The highest BCUT2D eigenvalue weighted by molar-refractivity contribution is 5.71. The number of hydrogen-bond donors (Lipinski definition) is 16. The number of ether oxygens (including phenoxy) is 3. The maximum absolute atomic E-state index is 12.9. The number of aliphatic hydroxyl groups excluding tert-OH is 3. The second kappa shape index (κ2) is 14.8. The number of hydrogen-bond acceptors (Lipinski definition) is 19. The van der Waals surface area contributed by atoms with Crippen LogP contribution >= 0.6 is 0 Å². The SMILES string of the molecule is Oc1ccc2c(c1)OC(c1cc(O)c(O)c(O)c1)C(O)C2c1c(O)c2c(c(C3c4ccc(O)cc4OC(c4cc(O)c(O)c(O)c4)C3O)c1O)OC(c1cc(O)c(O)c(O)c1)C(O)C2. The lowest BCUT2D eigenvalue weighted by atomic mass is 9.73. The van der Waals surface area contributed by atoms with Gasteiger partial charge in [0.05, 0.1) is 6.10 Å². The molecule has 0 amide bonds. The van der Waals surface area contributed by atoms with Crippen LogP contribution in [0.4, 0.5) is 0 Å². The topological polar surface area (TPSA) is 351 Å². The normalized spacial score (nSPS) is 23.4. The summed E-state index contributed by atoms with van der Waals surface area (Å²) >= 11 is 0. The first kappa shape index (κ1) is 41.4. The number of benzene rings is 6. The standard InChI is InChI=1S/C45H38O19/c46-17-1-3-19-29(11-17)62-43(15-7-24(50)37(57)25(51)8-15)40(60)31(19)33-35(55)21-13-28(54)42(14-5-22(48)36(56)23(49)6-14)64-45(21)34(39(33)59)32-20-4-2-18(47)12-30(20)63-44(41(32)61)16-9-26(52)38(58)27(53)10-16/h1-12,28,31-32,40-44,46-61H,13H2. The number of rotatable bonds is 5. The summed E-state index contributed by atoms with van der Waals surface area (Å²) in [5.74, 6) is -13.5. The lowest BCUT2D eigenvalue weighted by molar-refractivity contribution is 0.000273. The molecule has 0 radical (unpaired) electrons. The largest absolute Gasteiger partial charge is 0.508 e. The van der Waals surface area contributed by atoms with Crippen LogP contribution in [0.3, 0.4) is 0 Å². The molecule has 0 aromatic heterocycles. The van der Waals surface area contributed by atoms with E-state index < -0.39 is 124 Å². The zero-order chi connectivity index (χ0) is 45.8. The van der Waals surface area contributed by atoms with Crippen molar-refractivity contribution in [3.05, 3.63) is 117 Å². The molecule has 8 unspecified atom stereocenters. The third-order valence-electron chi connectivity index (χ3n) is 11.9. The molecule has 0 aliphatic carbocycles. The summed E-state index contributed by atoms with van der Waals surface area (Å²) in [6, 6.07) is 13.4. The fourth-order valence-corrected chi connectivity index (χ4v) is 8.96. The zero-order valence-electron chi connectivity index (χ0n) is 32.6. The van der Waals surface area contributed by atoms with Crippen molar-refractivity contribution in [3.8, 4) is 92.0 Å². The van der Waals surface area contributed by atoms with Gasteiger partial charge in [0.2, 0.25) is 0 Å². The van der Waals surface area contributed by atoms with Crippen LogP contribution in [0.25, 0.3) is 0 Å². The Balaban J connectivity index is 1.32. The second-order valence-electron chi connectivity index (χ2n) is 15.8. The Hall–Kier alpha value is -8.00. The smallest absolute Gasteiger partial charge is 0.200 e. The molecule has 9 rings (SSSR count). The third kappa shape index (κ3) is 6.40. The number of phenolic OH excluding ortho intramolecular Hbond substituents is 13. The van der Waals surface area contributed by atoms with Crippen molar-refractivity contribution in [2.45, 2.75) is 54.9 Å². The average Bonchev–Trinajstić information content (AvgIpc) is 3.24. The molecule has 3 aliphatic heterocycles. The van der Waals surface area contributed by atoms with E-state index in [1.54, 1.807) is 0 Å². The van der Waals surface area contributed by atoms with Crippen molar-refractivity contribution >= 4 is 0 Å². The van der Waals surface area contributed by atoms with E-state index in [1.165, 1.54) is 30.3 Å². The Kier molecular flexibility index (Phi) is 9.58. The first-order valence-electron chi connectivity index (χ1n) is 19.4. The van der Waals surface area contributed by atoms with Gasteiger partial charge in [-0.2, -0.15) is 0 Å². The van der Waals surface area contributed by atoms with E-state index in [2.05, 4.69) is 0 Å². The molecule has 0 fully saturated rings. The predicted octanol–water partition coefficient (Wildman–Crippen LogP) is 4.15. The molecule has 6 aromatic rings. The number of phenols is 13. The van der Waals surface area contributed by atoms with Crippen LogP contribution < -0.4 is 14.2 Å². The zero-order valence-corrected chi connectivity index (χ0v) is 32.6. The maximum atomic E-state index is 12.9. The molecule has 6 aromatic carbocycles. The van der Waals surface area contributed by atoms with Gasteiger partial charge in [0.1, 0.15) is 52.5 Å². The Morgan fingerprint density at radius 1 is 0.391 bits per heavy atom. The summed E-state index contributed by atoms with van der Waals surface area (Å²) in [4.78, 5) is 0. The Morgan fingerprint density at radius 3 is 1.17 bits per heavy atom. The summed E-state index contributed by atoms with van der Waals surface area (Å²) in [6.07, 6.45) is -10.6. The highest BCUT2D eigenvalue weighted by Gasteiger charge is 2.49. The number of aromatic hydroxyl groups is 13. The van der Waals surface area contributed by atoms with E-state index in [0.717, 1.165) is 42.5 Å². The van der Waals surface area contributed by atoms with Crippen LogP contribution in [0.15, 0.2) is 72.8 Å². The van der Waals surface area contributed by atoms with Gasteiger partial charge in [-0.15, -0.1) is 0 Å². The quantitative estimate of drug-likeness (QED) is 0.108. The molecule has 0 saturated carbocycles. The van der Waals surface area contributed by atoms with Gasteiger partial charge >= 0.3 is 0 Å². The van der Waals surface area contributed by atoms with Gasteiger partial charge in [0, 0.05) is 74.9 Å². The maximum Gasteiger partial charge on any atom is 0.200 e. The molecule has 0 spiro atoms. The summed E-state index contributed by atoms with van der Waals surface area (Å²) < 4.78 is 18.6. The summed E-state index contributed by atoms with van der Waals surface area (Å²) in [5.41, 5.74) is -1.22. The van der Waals surface area contributed by atoms with Gasteiger partial charge in [0.25, 0.3) is 0 Å². The van der Waals surface area contributed by atoms with Crippen LogP contribution in [0, 0.1) is 0 Å². The lowest BCUT2D eigenvalue weighted by Crippen LogP contribution is -2.38. The average molecular weight is 883 g/mol. The van der Waals surface area contributed by atoms with E-state index in [-0.39, 0.29) is 67.7 Å². The Bertz CT molecular complexity index is 2830. The van der Waals surface area contributed by atoms with Gasteiger partial charge in [-0.1, -0.05) is 12.1 Å². The van der Waals surface area contributed by atoms with Crippen molar-refractivity contribution in [3.63, 3.8) is 0 Å². The van der Waals surface area contributed by atoms with Crippen LogP contribution in [0.1, 0.15) is 74.7 Å². The molecule has 0 saturated heterocycles. The highest BCUT2D eigenvalue weighted by atomic mass is 16.5. The molecule has 3 heterocycles. The summed E-state index contributed by atoms with van der Waals surface area (Å²) in [6.45, 7) is 0. The monoisotopic (exact) mass is 882 g/mol. The van der Waals surface area contributed by atoms with Crippen LogP contribution in [0.2, 0.25) is 0 Å². The van der Waals surface area contributed by atoms with Crippen molar-refractivity contribution in [1.82, 2.24) is 0 Å². The fourth-order valence-electron chi connectivity index (χ4n) is 8.96. The predicted molar refractivity (Wildman–Crippen MR) is 216 cm³/mol. The minimum Gasteiger partial charge on any atom is -0.508 e. The van der Waals surface area contributed by atoms with Gasteiger partial charge < -0.3 is 95.9 Å².